The monoisotopic (exact) mass is 500 g/mol. The van der Waals surface area contributed by atoms with Crippen LogP contribution in [0.25, 0.3) is 0 Å². The Morgan fingerprint density at radius 1 is 1.00 bits per heavy atom. The summed E-state index contributed by atoms with van der Waals surface area (Å²) >= 11 is 0. The first-order valence-electron chi connectivity index (χ1n) is 12.4. The van der Waals surface area contributed by atoms with E-state index in [4.69, 9.17) is 9.47 Å². The number of carbonyl (C=O) groups excluding carboxylic acids is 2. The van der Waals surface area contributed by atoms with E-state index < -0.39 is 0 Å². The van der Waals surface area contributed by atoms with E-state index in [1.165, 1.54) is 0 Å². The number of benzene rings is 3. The van der Waals surface area contributed by atoms with Crippen LogP contribution in [0, 0.1) is 0 Å². The Bertz CT molecular complexity index is 1170. The van der Waals surface area contributed by atoms with Gasteiger partial charge in [-0.1, -0.05) is 42.5 Å². The molecule has 192 valence electrons. The molecule has 3 aromatic rings. The highest BCUT2D eigenvalue weighted by molar-refractivity contribution is 5.94. The van der Waals surface area contributed by atoms with Crippen molar-refractivity contribution in [1.82, 2.24) is 15.6 Å². The molecule has 0 bridgehead atoms. The van der Waals surface area contributed by atoms with Gasteiger partial charge in [0.25, 0.3) is 11.8 Å². The van der Waals surface area contributed by atoms with Crippen molar-refractivity contribution in [2.24, 2.45) is 5.10 Å². The van der Waals surface area contributed by atoms with Gasteiger partial charge >= 0.3 is 0 Å². The first-order chi connectivity index (χ1) is 18.1. The van der Waals surface area contributed by atoms with Crippen molar-refractivity contribution >= 4 is 18.0 Å². The third kappa shape index (κ3) is 8.27. The number of morpholine rings is 1. The highest BCUT2D eigenvalue weighted by atomic mass is 16.5. The molecular weight excluding hydrogens is 468 g/mol. The lowest BCUT2D eigenvalue weighted by molar-refractivity contribution is -0.123. The summed E-state index contributed by atoms with van der Waals surface area (Å²) in [6, 6.07) is 24.3. The number of hydrogen-bond acceptors (Lipinski definition) is 6. The third-order valence-corrected chi connectivity index (χ3v) is 6.03. The average Bonchev–Trinajstić information content (AvgIpc) is 2.94. The minimum absolute atomic E-state index is 0.0775. The van der Waals surface area contributed by atoms with Gasteiger partial charge in [-0.25, -0.2) is 5.43 Å². The highest BCUT2D eigenvalue weighted by Gasteiger charge is 2.12. The number of ether oxygens (including phenoxy) is 2. The van der Waals surface area contributed by atoms with E-state index in [0.717, 1.165) is 49.5 Å². The van der Waals surface area contributed by atoms with Gasteiger partial charge in [-0.15, -0.1) is 0 Å². The second-order valence-electron chi connectivity index (χ2n) is 8.84. The van der Waals surface area contributed by atoms with Crippen molar-refractivity contribution in [3.8, 4) is 5.75 Å². The van der Waals surface area contributed by atoms with Crippen LogP contribution in [0.5, 0.6) is 5.75 Å². The number of nitrogens with one attached hydrogen (secondary N) is 2. The predicted octanol–water partition coefficient (Wildman–Crippen LogP) is 3.54. The Hall–Kier alpha value is -4.01. The lowest BCUT2D eigenvalue weighted by Gasteiger charge is -2.26. The Morgan fingerprint density at radius 2 is 1.70 bits per heavy atom. The Morgan fingerprint density at radius 3 is 2.41 bits per heavy atom. The van der Waals surface area contributed by atoms with Crippen molar-refractivity contribution in [3.05, 3.63) is 101 Å². The van der Waals surface area contributed by atoms with Gasteiger partial charge in [-0.3, -0.25) is 14.5 Å². The van der Waals surface area contributed by atoms with Crippen LogP contribution in [-0.4, -0.2) is 55.8 Å². The maximum absolute atomic E-state index is 12.4. The minimum Gasteiger partial charge on any atom is -0.484 e. The largest absolute Gasteiger partial charge is 0.484 e. The van der Waals surface area contributed by atoms with Gasteiger partial charge in [-0.2, -0.15) is 5.10 Å². The molecule has 1 saturated heterocycles. The van der Waals surface area contributed by atoms with Crippen LogP contribution in [0.1, 0.15) is 40.0 Å². The lowest BCUT2D eigenvalue weighted by Crippen LogP contribution is -2.35. The topological polar surface area (TPSA) is 92.3 Å². The molecule has 0 saturated carbocycles. The minimum atomic E-state index is -0.273. The summed E-state index contributed by atoms with van der Waals surface area (Å²) in [4.78, 5) is 26.9. The zero-order valence-electron chi connectivity index (χ0n) is 20.9. The predicted molar refractivity (Wildman–Crippen MR) is 143 cm³/mol. The van der Waals surface area contributed by atoms with Crippen molar-refractivity contribution in [3.63, 3.8) is 0 Å². The van der Waals surface area contributed by atoms with Gasteiger partial charge in [0.05, 0.1) is 25.5 Å². The van der Waals surface area contributed by atoms with Gasteiger partial charge in [-0.05, 0) is 60.0 Å². The molecule has 37 heavy (non-hydrogen) atoms. The van der Waals surface area contributed by atoms with Crippen molar-refractivity contribution in [1.29, 1.82) is 0 Å². The van der Waals surface area contributed by atoms with E-state index in [2.05, 4.69) is 20.7 Å². The maximum atomic E-state index is 12.4. The van der Waals surface area contributed by atoms with Gasteiger partial charge in [0.15, 0.2) is 6.61 Å². The van der Waals surface area contributed by atoms with E-state index in [1.807, 2.05) is 61.5 Å². The smallest absolute Gasteiger partial charge is 0.271 e. The SMILES string of the molecule is C[C@@H](NC(=O)COc1ccc(/C=N\NC(=O)c2ccc(CN3CCOCC3)cc2)cc1)c1ccccc1. The molecule has 0 radical (unpaired) electrons. The molecule has 4 rings (SSSR count). The fourth-order valence-electron chi connectivity index (χ4n) is 3.92. The summed E-state index contributed by atoms with van der Waals surface area (Å²) < 4.78 is 11.0. The zero-order valence-corrected chi connectivity index (χ0v) is 20.9. The Balaban J connectivity index is 1.19. The maximum Gasteiger partial charge on any atom is 0.271 e. The van der Waals surface area contributed by atoms with E-state index in [9.17, 15) is 9.59 Å². The molecule has 1 aliphatic rings. The van der Waals surface area contributed by atoms with Gasteiger partial charge in [0, 0.05) is 25.2 Å². The first-order valence-corrected chi connectivity index (χ1v) is 12.4. The molecule has 8 nitrogen and oxygen atoms in total. The first kappa shape index (κ1) is 26.1. The second-order valence-corrected chi connectivity index (χ2v) is 8.84. The van der Waals surface area contributed by atoms with Crippen molar-refractivity contribution in [2.45, 2.75) is 19.5 Å². The molecule has 8 heteroatoms. The number of amides is 2. The Labute approximate surface area is 217 Å². The van der Waals surface area contributed by atoms with Crippen LogP contribution >= 0.6 is 0 Å². The van der Waals surface area contributed by atoms with Crippen molar-refractivity contribution in [2.75, 3.05) is 32.9 Å². The molecule has 0 aromatic heterocycles. The number of hydrazone groups is 1. The molecule has 1 atom stereocenters. The van der Waals surface area contributed by atoms with Crippen LogP contribution in [0.3, 0.4) is 0 Å². The van der Waals surface area contributed by atoms with E-state index in [0.29, 0.717) is 11.3 Å². The van der Waals surface area contributed by atoms with Crippen LogP contribution in [-0.2, 0) is 16.1 Å². The second kappa shape index (κ2) is 13.3. The standard InChI is InChI=1S/C29H32N4O4/c1-22(25-5-3-2-4-6-25)31-28(34)21-37-27-13-9-23(10-14-27)19-30-32-29(35)26-11-7-24(8-12-26)20-33-15-17-36-18-16-33/h2-14,19,22H,15-18,20-21H2,1H3,(H,31,34)(H,32,35)/b30-19-/t22-/m1/s1. The average molecular weight is 501 g/mol. The highest BCUT2D eigenvalue weighted by Crippen LogP contribution is 2.13. The molecule has 0 spiro atoms. The Kier molecular flexibility index (Phi) is 9.40. The summed E-state index contributed by atoms with van der Waals surface area (Å²) in [6.07, 6.45) is 1.56. The third-order valence-electron chi connectivity index (χ3n) is 6.03. The number of nitrogens with zero attached hydrogens (tertiary/aromatic N) is 2. The molecule has 1 fully saturated rings. The molecule has 1 heterocycles. The fourth-order valence-corrected chi connectivity index (χ4v) is 3.92. The van der Waals surface area contributed by atoms with Gasteiger partial charge < -0.3 is 14.8 Å². The van der Waals surface area contributed by atoms with E-state index in [1.54, 1.807) is 30.5 Å². The van der Waals surface area contributed by atoms with E-state index >= 15 is 0 Å². The quantitative estimate of drug-likeness (QED) is 0.328. The number of carbonyl (C=O) groups is 2. The number of rotatable bonds is 10. The van der Waals surface area contributed by atoms with Crippen LogP contribution in [0.4, 0.5) is 0 Å². The normalized spacial score (nSPS) is 14.7. The summed E-state index contributed by atoms with van der Waals surface area (Å²) in [5.74, 6) is 0.101. The van der Waals surface area contributed by atoms with Gasteiger partial charge in [0.2, 0.25) is 0 Å². The molecule has 0 aliphatic carbocycles. The molecule has 0 unspecified atom stereocenters. The van der Waals surface area contributed by atoms with Crippen LogP contribution < -0.4 is 15.5 Å². The van der Waals surface area contributed by atoms with E-state index in [-0.39, 0.29) is 24.5 Å². The number of hydrogen-bond donors (Lipinski definition) is 2. The zero-order chi connectivity index (χ0) is 25.9. The molecular formula is C29H32N4O4. The van der Waals surface area contributed by atoms with Crippen molar-refractivity contribution < 1.29 is 19.1 Å². The van der Waals surface area contributed by atoms with Crippen LogP contribution in [0.15, 0.2) is 84.0 Å². The molecule has 1 aliphatic heterocycles. The summed E-state index contributed by atoms with van der Waals surface area (Å²) in [5, 5.41) is 6.97. The lowest BCUT2D eigenvalue weighted by atomic mass is 10.1. The van der Waals surface area contributed by atoms with Gasteiger partial charge in [0.1, 0.15) is 5.75 Å². The summed E-state index contributed by atoms with van der Waals surface area (Å²) in [5.41, 5.74) is 6.08. The summed E-state index contributed by atoms with van der Waals surface area (Å²) in [7, 11) is 0. The molecule has 2 amide bonds. The molecule has 2 N–H and O–H groups in total. The fraction of sp³-hybridized carbons (Fsp3) is 0.276. The molecule has 3 aromatic carbocycles. The summed E-state index contributed by atoms with van der Waals surface area (Å²) in [6.45, 7) is 6.08. The van der Waals surface area contributed by atoms with Crippen LogP contribution in [0.2, 0.25) is 0 Å².